The van der Waals surface area contributed by atoms with Gasteiger partial charge in [-0.1, -0.05) is 6.92 Å². The van der Waals surface area contributed by atoms with Crippen molar-refractivity contribution in [1.29, 1.82) is 0 Å². The van der Waals surface area contributed by atoms with Gasteiger partial charge in [0.15, 0.2) is 0 Å². The molecule has 1 heterocycles. The molecule has 102 valence electrons. The van der Waals surface area contributed by atoms with E-state index in [-0.39, 0.29) is 6.61 Å². The van der Waals surface area contributed by atoms with Crippen LogP contribution in [0.3, 0.4) is 0 Å². The summed E-state index contributed by atoms with van der Waals surface area (Å²) in [5.41, 5.74) is 0. The summed E-state index contributed by atoms with van der Waals surface area (Å²) < 4.78 is 39.0. The molecule has 0 aromatic carbocycles. The maximum atomic E-state index is 11.8. The number of alkyl halides is 3. The molecular formula is C11H21F3N2O. The van der Waals surface area contributed by atoms with Gasteiger partial charge in [0.05, 0.1) is 6.61 Å². The smallest absolute Gasteiger partial charge is 0.314 e. The minimum absolute atomic E-state index is 0.267. The first-order chi connectivity index (χ1) is 8.01. The summed E-state index contributed by atoms with van der Waals surface area (Å²) in [7, 11) is 0. The fourth-order valence-electron chi connectivity index (χ4n) is 2.00. The van der Waals surface area contributed by atoms with Crippen molar-refractivity contribution < 1.29 is 17.9 Å². The average Bonchev–Trinajstić information content (AvgIpc) is 2.26. The maximum Gasteiger partial charge on any atom is 0.522 e. The molecule has 1 aliphatic heterocycles. The molecule has 6 heteroatoms. The molecule has 0 atom stereocenters. The highest BCUT2D eigenvalue weighted by molar-refractivity contribution is 4.76. The quantitative estimate of drug-likeness (QED) is 0.784. The van der Waals surface area contributed by atoms with Gasteiger partial charge in [0.2, 0.25) is 0 Å². The topological polar surface area (TPSA) is 24.5 Å². The van der Waals surface area contributed by atoms with Crippen molar-refractivity contribution in [3.05, 3.63) is 0 Å². The van der Waals surface area contributed by atoms with Gasteiger partial charge in [0, 0.05) is 12.6 Å². The number of ether oxygens (including phenoxy) is 1. The van der Waals surface area contributed by atoms with E-state index in [1.54, 1.807) is 0 Å². The Morgan fingerprint density at radius 1 is 1.29 bits per heavy atom. The van der Waals surface area contributed by atoms with Gasteiger partial charge in [0.25, 0.3) is 0 Å². The van der Waals surface area contributed by atoms with E-state index in [0.29, 0.717) is 12.6 Å². The lowest BCUT2D eigenvalue weighted by atomic mass is 10.1. The van der Waals surface area contributed by atoms with Crippen LogP contribution in [0.1, 0.15) is 26.2 Å². The van der Waals surface area contributed by atoms with Crippen molar-refractivity contribution in [3.63, 3.8) is 0 Å². The highest BCUT2D eigenvalue weighted by atomic mass is 19.4. The Bertz CT molecular complexity index is 203. The molecule has 1 fully saturated rings. The molecule has 3 nitrogen and oxygen atoms in total. The number of hydrogen-bond donors (Lipinski definition) is 1. The SMILES string of the molecule is CCCNC1CCN(CCOC(F)(F)F)CC1. The molecule has 0 aromatic rings. The minimum Gasteiger partial charge on any atom is -0.314 e. The van der Waals surface area contributed by atoms with Crippen LogP contribution < -0.4 is 5.32 Å². The van der Waals surface area contributed by atoms with Gasteiger partial charge in [-0.3, -0.25) is 4.74 Å². The fraction of sp³-hybridized carbons (Fsp3) is 1.00. The van der Waals surface area contributed by atoms with E-state index < -0.39 is 6.36 Å². The number of halogens is 3. The lowest BCUT2D eigenvalue weighted by Crippen LogP contribution is -2.43. The molecule has 0 aliphatic carbocycles. The van der Waals surface area contributed by atoms with Crippen LogP contribution in [0.5, 0.6) is 0 Å². The standard InChI is InChI=1S/C11H21F3N2O/c1-2-5-15-10-3-6-16(7-4-10)8-9-17-11(12,13)14/h10,15H,2-9H2,1H3. The largest absolute Gasteiger partial charge is 0.522 e. The van der Waals surface area contributed by atoms with E-state index in [0.717, 1.165) is 38.9 Å². The first kappa shape index (κ1) is 14.7. The monoisotopic (exact) mass is 254 g/mol. The summed E-state index contributed by atoms with van der Waals surface area (Å²) >= 11 is 0. The van der Waals surface area contributed by atoms with Crippen LogP contribution in [0.15, 0.2) is 0 Å². The Labute approximate surface area is 100 Å². The summed E-state index contributed by atoms with van der Waals surface area (Å²) in [4.78, 5) is 2.02. The molecule has 1 saturated heterocycles. The van der Waals surface area contributed by atoms with Crippen LogP contribution in [0.4, 0.5) is 13.2 Å². The van der Waals surface area contributed by atoms with Gasteiger partial charge < -0.3 is 10.2 Å². The first-order valence-electron chi connectivity index (χ1n) is 6.17. The normalized spacial score (nSPS) is 19.8. The van der Waals surface area contributed by atoms with E-state index >= 15 is 0 Å². The summed E-state index contributed by atoms with van der Waals surface area (Å²) in [6.45, 7) is 4.93. The second-order valence-corrected chi connectivity index (χ2v) is 4.36. The van der Waals surface area contributed by atoms with E-state index in [1.807, 2.05) is 4.90 Å². The Morgan fingerprint density at radius 3 is 2.47 bits per heavy atom. The summed E-state index contributed by atoms with van der Waals surface area (Å²) in [5, 5.41) is 3.43. The number of nitrogens with one attached hydrogen (secondary N) is 1. The van der Waals surface area contributed by atoms with Gasteiger partial charge >= 0.3 is 6.36 Å². The number of hydrogen-bond acceptors (Lipinski definition) is 3. The minimum atomic E-state index is -4.50. The molecule has 0 aromatic heterocycles. The van der Waals surface area contributed by atoms with Crippen molar-refractivity contribution in [2.24, 2.45) is 0 Å². The van der Waals surface area contributed by atoms with E-state index in [1.165, 1.54) is 0 Å². The number of likely N-dealkylation sites (tertiary alicyclic amines) is 1. The second-order valence-electron chi connectivity index (χ2n) is 4.36. The summed E-state index contributed by atoms with van der Waals surface area (Å²) in [5.74, 6) is 0. The van der Waals surface area contributed by atoms with Crippen LogP contribution in [-0.2, 0) is 4.74 Å². The lowest BCUT2D eigenvalue weighted by molar-refractivity contribution is -0.325. The van der Waals surface area contributed by atoms with Crippen LogP contribution in [-0.4, -0.2) is 50.1 Å². The van der Waals surface area contributed by atoms with Crippen molar-refractivity contribution in [2.75, 3.05) is 32.8 Å². The molecular weight excluding hydrogens is 233 g/mol. The van der Waals surface area contributed by atoms with Crippen LogP contribution in [0, 0.1) is 0 Å². The highest BCUT2D eigenvalue weighted by Gasteiger charge is 2.29. The van der Waals surface area contributed by atoms with Gasteiger partial charge in [-0.15, -0.1) is 13.2 Å². The zero-order chi connectivity index (χ0) is 12.7. The Hall–Kier alpha value is -0.330. The predicted molar refractivity (Wildman–Crippen MR) is 59.8 cm³/mol. The Morgan fingerprint density at radius 2 is 1.94 bits per heavy atom. The molecule has 1 rings (SSSR count). The molecule has 0 spiro atoms. The summed E-state index contributed by atoms with van der Waals surface area (Å²) in [6, 6.07) is 0.523. The molecule has 1 aliphatic rings. The van der Waals surface area contributed by atoms with Crippen LogP contribution in [0.2, 0.25) is 0 Å². The van der Waals surface area contributed by atoms with Gasteiger partial charge in [0.1, 0.15) is 0 Å². The molecule has 1 N–H and O–H groups in total. The van der Waals surface area contributed by atoms with Crippen LogP contribution >= 0.6 is 0 Å². The fourth-order valence-corrected chi connectivity index (χ4v) is 2.00. The average molecular weight is 254 g/mol. The van der Waals surface area contributed by atoms with Gasteiger partial charge in [-0.25, -0.2) is 0 Å². The van der Waals surface area contributed by atoms with Gasteiger partial charge in [-0.2, -0.15) is 0 Å². The van der Waals surface area contributed by atoms with E-state index in [2.05, 4.69) is 17.0 Å². The third-order valence-electron chi connectivity index (χ3n) is 2.94. The zero-order valence-electron chi connectivity index (χ0n) is 10.2. The van der Waals surface area contributed by atoms with Gasteiger partial charge in [-0.05, 0) is 38.9 Å². The third kappa shape index (κ3) is 6.85. The lowest BCUT2D eigenvalue weighted by Gasteiger charge is -2.32. The molecule has 0 unspecified atom stereocenters. The molecule has 0 saturated carbocycles. The zero-order valence-corrected chi connectivity index (χ0v) is 10.2. The second kappa shape index (κ2) is 7.18. The maximum absolute atomic E-state index is 11.8. The molecule has 0 radical (unpaired) electrons. The van der Waals surface area contributed by atoms with Crippen molar-refractivity contribution in [1.82, 2.24) is 10.2 Å². The molecule has 0 amide bonds. The number of piperidine rings is 1. The highest BCUT2D eigenvalue weighted by Crippen LogP contribution is 2.16. The van der Waals surface area contributed by atoms with E-state index in [9.17, 15) is 13.2 Å². The number of nitrogens with zero attached hydrogens (tertiary/aromatic N) is 1. The van der Waals surface area contributed by atoms with Crippen molar-refractivity contribution in [2.45, 2.75) is 38.6 Å². The molecule has 17 heavy (non-hydrogen) atoms. The Balaban J connectivity index is 2.07. The Kier molecular flexibility index (Phi) is 6.22. The summed E-state index contributed by atoms with van der Waals surface area (Å²) in [6.07, 6.45) is -1.38. The van der Waals surface area contributed by atoms with E-state index in [4.69, 9.17) is 0 Å². The van der Waals surface area contributed by atoms with Crippen molar-refractivity contribution in [3.8, 4) is 0 Å². The first-order valence-corrected chi connectivity index (χ1v) is 6.17. The van der Waals surface area contributed by atoms with Crippen LogP contribution in [0.25, 0.3) is 0 Å². The molecule has 0 bridgehead atoms. The number of rotatable bonds is 6. The third-order valence-corrected chi connectivity index (χ3v) is 2.94. The predicted octanol–water partition coefficient (Wildman–Crippen LogP) is 1.99. The van der Waals surface area contributed by atoms with Crippen molar-refractivity contribution >= 4 is 0 Å².